The molecule has 1 aromatic rings. The van der Waals surface area contributed by atoms with Crippen molar-refractivity contribution in [3.8, 4) is 0 Å². The highest BCUT2D eigenvalue weighted by molar-refractivity contribution is 8.02. The predicted molar refractivity (Wildman–Crippen MR) is 72.0 cm³/mol. The quantitative estimate of drug-likeness (QED) is 0.697. The number of amides is 3. The van der Waals surface area contributed by atoms with Gasteiger partial charge in [0, 0.05) is 13.6 Å². The minimum absolute atomic E-state index is 0.362. The lowest BCUT2D eigenvalue weighted by Crippen LogP contribution is -2.41. The molecule has 0 aliphatic rings. The van der Waals surface area contributed by atoms with Crippen LogP contribution < -0.4 is 16.0 Å². The van der Waals surface area contributed by atoms with Crippen molar-refractivity contribution in [3.63, 3.8) is 0 Å². The lowest BCUT2D eigenvalue weighted by Gasteiger charge is -2.08. The van der Waals surface area contributed by atoms with E-state index in [0.29, 0.717) is 4.34 Å². The Balaban J connectivity index is 2.49. The van der Waals surface area contributed by atoms with Crippen LogP contribution in [0.5, 0.6) is 0 Å². The molecule has 1 aromatic heterocycles. The van der Waals surface area contributed by atoms with Gasteiger partial charge in [-0.3, -0.25) is 10.1 Å². The van der Waals surface area contributed by atoms with Crippen LogP contribution in [-0.2, 0) is 4.79 Å². The number of nitrogens with zero attached hydrogens (tertiary/aromatic N) is 2. The molecule has 0 radical (unpaired) electrons. The molecule has 0 spiro atoms. The zero-order chi connectivity index (χ0) is 13.5. The van der Waals surface area contributed by atoms with Crippen molar-refractivity contribution in [2.24, 2.45) is 0 Å². The fourth-order valence-corrected chi connectivity index (χ4v) is 2.92. The Bertz CT molecular complexity index is 423. The summed E-state index contributed by atoms with van der Waals surface area (Å²) in [5, 5.41) is 15.7. The van der Waals surface area contributed by atoms with Gasteiger partial charge in [0.1, 0.15) is 0 Å². The molecule has 3 amide bonds. The zero-order valence-corrected chi connectivity index (χ0v) is 11.9. The monoisotopic (exact) mass is 289 g/mol. The van der Waals surface area contributed by atoms with E-state index in [2.05, 4.69) is 26.1 Å². The second-order valence-electron chi connectivity index (χ2n) is 3.23. The normalized spacial score (nSPS) is 11.7. The second kappa shape index (κ2) is 7.17. The highest BCUT2D eigenvalue weighted by atomic mass is 32.2. The van der Waals surface area contributed by atoms with Gasteiger partial charge in [-0.2, -0.15) is 0 Å². The third-order valence-corrected chi connectivity index (χ3v) is 3.91. The van der Waals surface area contributed by atoms with Crippen LogP contribution in [0.4, 0.5) is 9.93 Å². The predicted octanol–water partition coefficient (Wildman–Crippen LogP) is 0.906. The van der Waals surface area contributed by atoms with E-state index in [-0.39, 0.29) is 5.91 Å². The van der Waals surface area contributed by atoms with Gasteiger partial charge >= 0.3 is 6.03 Å². The van der Waals surface area contributed by atoms with Crippen LogP contribution in [0.1, 0.15) is 13.8 Å². The van der Waals surface area contributed by atoms with E-state index in [1.165, 1.54) is 30.1 Å². The number of rotatable bonds is 5. The number of carbonyl (C=O) groups excluding carboxylic acids is 2. The third-order valence-electron chi connectivity index (χ3n) is 1.85. The van der Waals surface area contributed by atoms with E-state index >= 15 is 0 Å². The lowest BCUT2D eigenvalue weighted by atomic mass is 10.4. The van der Waals surface area contributed by atoms with Crippen molar-refractivity contribution in [3.05, 3.63) is 0 Å². The summed E-state index contributed by atoms with van der Waals surface area (Å²) in [5.41, 5.74) is 0. The number of hydrogen-bond donors (Lipinski definition) is 3. The first kappa shape index (κ1) is 14.7. The number of nitrogens with one attached hydrogen (secondary N) is 3. The van der Waals surface area contributed by atoms with Crippen molar-refractivity contribution < 1.29 is 9.59 Å². The first-order valence-corrected chi connectivity index (χ1v) is 7.03. The first-order chi connectivity index (χ1) is 8.56. The molecule has 1 heterocycles. The second-order valence-corrected chi connectivity index (χ2v) is 5.80. The summed E-state index contributed by atoms with van der Waals surface area (Å²) < 4.78 is 0.686. The summed E-state index contributed by atoms with van der Waals surface area (Å²) in [6, 6.07) is -0.516. The minimum Gasteiger partial charge on any atom is -0.360 e. The van der Waals surface area contributed by atoms with E-state index in [1.807, 2.05) is 6.92 Å². The van der Waals surface area contributed by atoms with E-state index in [1.54, 1.807) is 6.92 Å². The van der Waals surface area contributed by atoms with Gasteiger partial charge in [0.15, 0.2) is 4.34 Å². The van der Waals surface area contributed by atoms with Crippen LogP contribution in [0.2, 0.25) is 0 Å². The summed E-state index contributed by atoms with van der Waals surface area (Å²) >= 11 is 2.64. The number of hydrogen-bond acceptors (Lipinski definition) is 7. The molecule has 1 atom stereocenters. The molecule has 0 unspecified atom stereocenters. The number of urea groups is 1. The smallest absolute Gasteiger partial charge is 0.321 e. The maximum Gasteiger partial charge on any atom is 0.321 e. The van der Waals surface area contributed by atoms with Crippen molar-refractivity contribution in [1.29, 1.82) is 0 Å². The van der Waals surface area contributed by atoms with Crippen LogP contribution in [0, 0.1) is 0 Å². The summed E-state index contributed by atoms with van der Waals surface area (Å²) in [6.45, 7) is 4.44. The maximum absolute atomic E-state index is 11.6. The SMILES string of the molecule is CCNc1nnc(S[C@@H](C)C(=O)NC(=O)NC)s1. The van der Waals surface area contributed by atoms with Gasteiger partial charge in [0.05, 0.1) is 5.25 Å². The Hall–Kier alpha value is -1.35. The van der Waals surface area contributed by atoms with Gasteiger partial charge < -0.3 is 10.6 Å². The molecule has 9 heteroatoms. The average molecular weight is 289 g/mol. The van der Waals surface area contributed by atoms with E-state index in [4.69, 9.17) is 0 Å². The Morgan fingerprint density at radius 3 is 2.78 bits per heavy atom. The number of imide groups is 1. The fourth-order valence-electron chi connectivity index (χ4n) is 0.961. The van der Waals surface area contributed by atoms with Crippen LogP contribution in [0.15, 0.2) is 4.34 Å². The Morgan fingerprint density at radius 2 is 2.17 bits per heavy atom. The van der Waals surface area contributed by atoms with E-state index in [0.717, 1.165) is 11.7 Å². The molecule has 7 nitrogen and oxygen atoms in total. The molecule has 0 aliphatic carbocycles. The fraction of sp³-hybridized carbons (Fsp3) is 0.556. The van der Waals surface area contributed by atoms with Gasteiger partial charge in [-0.15, -0.1) is 10.2 Å². The van der Waals surface area contributed by atoms with Gasteiger partial charge in [-0.25, -0.2) is 4.79 Å². The van der Waals surface area contributed by atoms with Crippen LogP contribution >= 0.6 is 23.1 Å². The van der Waals surface area contributed by atoms with Crippen molar-refractivity contribution in [2.45, 2.75) is 23.4 Å². The number of aromatic nitrogens is 2. The Morgan fingerprint density at radius 1 is 1.44 bits per heavy atom. The molecule has 0 bridgehead atoms. The molecular weight excluding hydrogens is 274 g/mol. The molecule has 0 saturated carbocycles. The highest BCUT2D eigenvalue weighted by Crippen LogP contribution is 2.28. The molecule has 0 saturated heterocycles. The Labute approximate surface area is 113 Å². The van der Waals surface area contributed by atoms with Gasteiger partial charge in [0.2, 0.25) is 11.0 Å². The topological polar surface area (TPSA) is 96.0 Å². The lowest BCUT2D eigenvalue weighted by molar-refractivity contribution is -0.119. The first-order valence-electron chi connectivity index (χ1n) is 5.33. The Kier molecular flexibility index (Phi) is 5.86. The molecular formula is C9H15N5O2S2. The zero-order valence-electron chi connectivity index (χ0n) is 10.3. The summed E-state index contributed by atoms with van der Waals surface area (Å²) in [6.07, 6.45) is 0. The highest BCUT2D eigenvalue weighted by Gasteiger charge is 2.18. The van der Waals surface area contributed by atoms with Gasteiger partial charge in [0.25, 0.3) is 0 Å². The molecule has 18 heavy (non-hydrogen) atoms. The molecule has 3 N–H and O–H groups in total. The number of carbonyl (C=O) groups is 2. The van der Waals surface area contributed by atoms with Crippen LogP contribution in [0.25, 0.3) is 0 Å². The van der Waals surface area contributed by atoms with Crippen molar-refractivity contribution in [1.82, 2.24) is 20.8 Å². The summed E-state index contributed by atoms with van der Waals surface area (Å²) in [4.78, 5) is 22.6. The molecule has 100 valence electrons. The van der Waals surface area contributed by atoms with Crippen LogP contribution in [0.3, 0.4) is 0 Å². The van der Waals surface area contributed by atoms with Gasteiger partial charge in [-0.05, 0) is 13.8 Å². The van der Waals surface area contributed by atoms with E-state index in [9.17, 15) is 9.59 Å². The largest absolute Gasteiger partial charge is 0.360 e. The number of thioether (sulfide) groups is 1. The minimum atomic E-state index is -0.516. The molecule has 0 aromatic carbocycles. The maximum atomic E-state index is 11.6. The van der Waals surface area contributed by atoms with Crippen molar-refractivity contribution in [2.75, 3.05) is 18.9 Å². The average Bonchev–Trinajstić information content (AvgIpc) is 2.76. The van der Waals surface area contributed by atoms with E-state index < -0.39 is 11.3 Å². The standard InChI is InChI=1S/C9H15N5O2S2/c1-4-11-8-13-14-9(18-8)17-5(2)6(15)12-7(16)10-3/h5H,4H2,1-3H3,(H,11,13)(H2,10,12,15,16)/t5-/m0/s1. The van der Waals surface area contributed by atoms with Crippen LogP contribution in [-0.4, -0.2) is 41.0 Å². The summed E-state index contributed by atoms with van der Waals surface area (Å²) in [7, 11) is 1.45. The third kappa shape index (κ3) is 4.49. The molecule has 1 rings (SSSR count). The molecule has 0 aliphatic heterocycles. The number of anilines is 1. The van der Waals surface area contributed by atoms with Gasteiger partial charge in [-0.1, -0.05) is 23.1 Å². The summed E-state index contributed by atoms with van der Waals surface area (Å²) in [5.74, 6) is -0.362. The molecule has 0 fully saturated rings. The van der Waals surface area contributed by atoms with Crippen molar-refractivity contribution >= 4 is 40.2 Å².